The van der Waals surface area contributed by atoms with Crippen molar-refractivity contribution in [2.24, 2.45) is 5.92 Å². The minimum Gasteiger partial charge on any atom is -0.481 e. The monoisotopic (exact) mass is 319 g/mol. The van der Waals surface area contributed by atoms with Gasteiger partial charge in [0.1, 0.15) is 5.82 Å². The molecule has 1 fully saturated rings. The largest absolute Gasteiger partial charge is 0.481 e. The summed E-state index contributed by atoms with van der Waals surface area (Å²) in [7, 11) is 0. The summed E-state index contributed by atoms with van der Waals surface area (Å²) >= 11 is 0. The molecule has 0 bridgehead atoms. The van der Waals surface area contributed by atoms with Gasteiger partial charge >= 0.3 is 12.1 Å². The summed E-state index contributed by atoms with van der Waals surface area (Å²) in [4.78, 5) is 24.2. The highest BCUT2D eigenvalue weighted by molar-refractivity contribution is 5.95. The van der Waals surface area contributed by atoms with Crippen molar-refractivity contribution < 1.29 is 32.3 Å². The van der Waals surface area contributed by atoms with Crippen LogP contribution in [-0.4, -0.2) is 35.0 Å². The minimum absolute atomic E-state index is 0.135. The molecular formula is C14H13F4NO3. The maximum atomic E-state index is 13.9. The number of carbonyl (C=O) groups is 2. The van der Waals surface area contributed by atoms with E-state index in [-0.39, 0.29) is 13.1 Å². The molecule has 1 heterocycles. The summed E-state index contributed by atoms with van der Waals surface area (Å²) in [6.45, 7) is 0.0577. The van der Waals surface area contributed by atoms with E-state index in [4.69, 9.17) is 5.11 Å². The fourth-order valence-electron chi connectivity index (χ4n) is 2.45. The van der Waals surface area contributed by atoms with Gasteiger partial charge in [-0.1, -0.05) is 6.07 Å². The van der Waals surface area contributed by atoms with Gasteiger partial charge in [0.15, 0.2) is 0 Å². The van der Waals surface area contributed by atoms with E-state index in [1.807, 2.05) is 0 Å². The van der Waals surface area contributed by atoms with E-state index >= 15 is 0 Å². The zero-order valence-corrected chi connectivity index (χ0v) is 11.4. The predicted octanol–water partition coefficient (Wildman–Crippen LogP) is 2.78. The molecule has 0 aliphatic carbocycles. The molecule has 1 saturated heterocycles. The Morgan fingerprint density at radius 3 is 2.55 bits per heavy atom. The van der Waals surface area contributed by atoms with Gasteiger partial charge < -0.3 is 10.0 Å². The van der Waals surface area contributed by atoms with Gasteiger partial charge in [0.25, 0.3) is 5.91 Å². The maximum Gasteiger partial charge on any atom is 0.419 e. The van der Waals surface area contributed by atoms with Crippen LogP contribution in [0.2, 0.25) is 0 Å². The molecule has 0 radical (unpaired) electrons. The van der Waals surface area contributed by atoms with E-state index in [1.54, 1.807) is 0 Å². The summed E-state index contributed by atoms with van der Waals surface area (Å²) in [5.74, 6) is -4.42. The van der Waals surface area contributed by atoms with Gasteiger partial charge in [-0.25, -0.2) is 4.39 Å². The van der Waals surface area contributed by atoms with Crippen molar-refractivity contribution in [3.63, 3.8) is 0 Å². The highest BCUT2D eigenvalue weighted by Gasteiger charge is 2.37. The van der Waals surface area contributed by atoms with Crippen molar-refractivity contribution in [3.8, 4) is 0 Å². The van der Waals surface area contributed by atoms with E-state index < -0.39 is 40.9 Å². The second kappa shape index (κ2) is 5.94. The van der Waals surface area contributed by atoms with Crippen LogP contribution in [-0.2, 0) is 11.0 Å². The molecule has 0 aromatic heterocycles. The molecule has 0 spiro atoms. The zero-order chi connectivity index (χ0) is 16.5. The number of piperidine rings is 1. The summed E-state index contributed by atoms with van der Waals surface area (Å²) in [6.07, 6.45) is -4.11. The Morgan fingerprint density at radius 1 is 1.27 bits per heavy atom. The van der Waals surface area contributed by atoms with Crippen molar-refractivity contribution in [2.45, 2.75) is 19.0 Å². The Morgan fingerprint density at radius 2 is 1.95 bits per heavy atom. The molecule has 22 heavy (non-hydrogen) atoms. The number of nitrogens with zero attached hydrogens (tertiary/aromatic N) is 1. The molecule has 1 aliphatic heterocycles. The van der Waals surface area contributed by atoms with Gasteiger partial charge in [0, 0.05) is 13.1 Å². The smallest absolute Gasteiger partial charge is 0.419 e. The number of hydrogen-bond acceptors (Lipinski definition) is 2. The first-order valence-corrected chi connectivity index (χ1v) is 6.59. The van der Waals surface area contributed by atoms with E-state index in [9.17, 15) is 27.2 Å². The number of carbonyl (C=O) groups excluding carboxylic acids is 1. The quantitative estimate of drug-likeness (QED) is 0.853. The molecule has 1 N–H and O–H groups in total. The molecule has 8 heteroatoms. The highest BCUT2D eigenvalue weighted by Crippen LogP contribution is 2.33. The lowest BCUT2D eigenvalue weighted by Crippen LogP contribution is -2.42. The van der Waals surface area contributed by atoms with Crippen molar-refractivity contribution in [3.05, 3.63) is 35.1 Å². The van der Waals surface area contributed by atoms with Gasteiger partial charge in [-0.3, -0.25) is 9.59 Å². The van der Waals surface area contributed by atoms with Crippen LogP contribution in [0.3, 0.4) is 0 Å². The summed E-state index contributed by atoms with van der Waals surface area (Å²) < 4.78 is 51.9. The summed E-state index contributed by atoms with van der Waals surface area (Å²) in [6, 6.07) is 2.48. The van der Waals surface area contributed by atoms with Gasteiger partial charge in [-0.15, -0.1) is 0 Å². The highest BCUT2D eigenvalue weighted by atomic mass is 19.4. The lowest BCUT2D eigenvalue weighted by molar-refractivity contribution is -0.143. The van der Waals surface area contributed by atoms with Crippen LogP contribution in [0.25, 0.3) is 0 Å². The van der Waals surface area contributed by atoms with Crippen LogP contribution in [0.5, 0.6) is 0 Å². The third kappa shape index (κ3) is 3.20. The number of carboxylic acids is 1. The van der Waals surface area contributed by atoms with Crippen molar-refractivity contribution in [1.82, 2.24) is 4.90 Å². The van der Waals surface area contributed by atoms with Crippen LogP contribution in [0.1, 0.15) is 28.8 Å². The molecule has 1 aliphatic rings. The van der Waals surface area contributed by atoms with Gasteiger partial charge in [-0.05, 0) is 25.0 Å². The molecular weight excluding hydrogens is 306 g/mol. The molecule has 1 aromatic carbocycles. The number of halogens is 4. The van der Waals surface area contributed by atoms with Crippen LogP contribution in [0, 0.1) is 11.7 Å². The first-order valence-electron chi connectivity index (χ1n) is 6.59. The third-order valence-corrected chi connectivity index (χ3v) is 3.59. The van der Waals surface area contributed by atoms with Crippen LogP contribution in [0.15, 0.2) is 18.2 Å². The number of aliphatic carboxylic acids is 1. The Labute approximate surface area is 123 Å². The number of rotatable bonds is 2. The van der Waals surface area contributed by atoms with Gasteiger partial charge in [-0.2, -0.15) is 13.2 Å². The third-order valence-electron chi connectivity index (χ3n) is 3.59. The predicted molar refractivity (Wildman–Crippen MR) is 67.7 cm³/mol. The molecule has 1 amide bonds. The van der Waals surface area contributed by atoms with Gasteiger partial charge in [0.05, 0.1) is 17.0 Å². The Hall–Kier alpha value is -2.12. The number of likely N-dealkylation sites (tertiary alicyclic amines) is 1. The zero-order valence-electron chi connectivity index (χ0n) is 11.4. The second-order valence-corrected chi connectivity index (χ2v) is 5.09. The van der Waals surface area contributed by atoms with Crippen LogP contribution < -0.4 is 0 Å². The van der Waals surface area contributed by atoms with Crippen LogP contribution in [0.4, 0.5) is 17.6 Å². The summed E-state index contributed by atoms with van der Waals surface area (Å²) in [5, 5.41) is 8.95. The molecule has 2 rings (SSSR count). The maximum absolute atomic E-state index is 13.9. The molecule has 0 saturated carbocycles. The standard InChI is InChI=1S/C14H13F4NO3/c15-11-9(4-1-5-10(11)14(16,17)18)12(20)19-6-2-3-8(7-19)13(21)22/h1,4-5,8H,2-3,6-7H2,(H,21,22). The van der Waals surface area contributed by atoms with E-state index in [0.717, 1.165) is 17.0 Å². The number of hydrogen-bond donors (Lipinski definition) is 1. The summed E-state index contributed by atoms with van der Waals surface area (Å²) in [5.41, 5.74) is -2.20. The average molecular weight is 319 g/mol. The molecule has 1 unspecified atom stereocenters. The minimum atomic E-state index is -4.90. The fraction of sp³-hybridized carbons (Fsp3) is 0.429. The Balaban J connectivity index is 2.28. The molecule has 120 valence electrons. The Kier molecular flexibility index (Phi) is 4.39. The van der Waals surface area contributed by atoms with Crippen LogP contribution >= 0.6 is 0 Å². The lowest BCUT2D eigenvalue weighted by Gasteiger charge is -2.31. The number of benzene rings is 1. The normalized spacial score (nSPS) is 19.1. The Bertz CT molecular complexity index is 600. The van der Waals surface area contributed by atoms with E-state index in [0.29, 0.717) is 18.9 Å². The van der Waals surface area contributed by atoms with E-state index in [2.05, 4.69) is 0 Å². The topological polar surface area (TPSA) is 57.6 Å². The number of alkyl halides is 3. The van der Waals surface area contributed by atoms with Crippen molar-refractivity contribution in [2.75, 3.05) is 13.1 Å². The van der Waals surface area contributed by atoms with Gasteiger partial charge in [0.2, 0.25) is 0 Å². The van der Waals surface area contributed by atoms with E-state index in [1.165, 1.54) is 0 Å². The first-order chi connectivity index (χ1) is 10.2. The molecule has 1 atom stereocenters. The molecule has 1 aromatic rings. The SMILES string of the molecule is O=C(O)C1CCCN(C(=O)c2cccc(C(F)(F)F)c2F)C1. The molecule has 4 nitrogen and oxygen atoms in total. The fourth-order valence-corrected chi connectivity index (χ4v) is 2.45. The van der Waals surface area contributed by atoms with Crippen molar-refractivity contribution in [1.29, 1.82) is 0 Å². The number of carboxylic acid groups (broad SMARTS) is 1. The lowest BCUT2D eigenvalue weighted by atomic mass is 9.97. The second-order valence-electron chi connectivity index (χ2n) is 5.09. The average Bonchev–Trinajstić information content (AvgIpc) is 2.45. The number of amides is 1. The first kappa shape index (κ1) is 16.3. The van der Waals surface area contributed by atoms with Crippen molar-refractivity contribution >= 4 is 11.9 Å².